The van der Waals surface area contributed by atoms with E-state index in [0.717, 1.165) is 51.6 Å². The number of aromatic nitrogens is 4. The van der Waals surface area contributed by atoms with Gasteiger partial charge in [0.25, 0.3) is 0 Å². The monoisotopic (exact) mass is 455 g/mol. The number of nitrogens with one attached hydrogen (secondary N) is 2. The Labute approximate surface area is 197 Å². The van der Waals surface area contributed by atoms with Crippen LogP contribution >= 0.6 is 0 Å². The molecule has 2 aliphatic rings. The first-order chi connectivity index (χ1) is 16.5. The number of aryl methyl sites for hydroxylation is 1. The van der Waals surface area contributed by atoms with Crippen LogP contribution in [0.3, 0.4) is 0 Å². The maximum absolute atomic E-state index is 13.4. The fourth-order valence-electron chi connectivity index (χ4n) is 5.75. The molecule has 4 N–H and O–H groups in total. The van der Waals surface area contributed by atoms with Crippen LogP contribution in [0.1, 0.15) is 37.4 Å². The molecular weight excluding hydrogens is 426 g/mol. The lowest BCUT2D eigenvalue weighted by atomic mass is 9.99. The van der Waals surface area contributed by atoms with E-state index in [2.05, 4.69) is 32.7 Å². The molecule has 2 atom stereocenters. The van der Waals surface area contributed by atoms with Crippen LogP contribution in [-0.4, -0.2) is 38.2 Å². The van der Waals surface area contributed by atoms with Gasteiger partial charge in [-0.05, 0) is 49.4 Å². The van der Waals surface area contributed by atoms with Crippen molar-refractivity contribution in [2.45, 2.75) is 43.8 Å². The van der Waals surface area contributed by atoms with E-state index < -0.39 is 0 Å². The number of hydrogen-bond acceptors (Lipinski definition) is 6. The number of pyridine rings is 2. The third kappa shape index (κ3) is 3.28. The molecule has 0 radical (unpaired) electrons. The van der Waals surface area contributed by atoms with Crippen LogP contribution < -0.4 is 22.1 Å². The van der Waals surface area contributed by atoms with Crippen LogP contribution in [0.15, 0.2) is 53.7 Å². The molecule has 3 aromatic heterocycles. The van der Waals surface area contributed by atoms with Crippen molar-refractivity contribution in [3.05, 3.63) is 65.1 Å². The lowest BCUT2D eigenvalue weighted by Crippen LogP contribution is -2.41. The van der Waals surface area contributed by atoms with Crippen LogP contribution in [0.5, 0.6) is 0 Å². The summed E-state index contributed by atoms with van der Waals surface area (Å²) < 4.78 is 3.78. The van der Waals surface area contributed by atoms with Gasteiger partial charge in [-0.2, -0.15) is 0 Å². The summed E-state index contributed by atoms with van der Waals surface area (Å²) in [5, 5.41) is 7.62. The molecule has 0 amide bonds. The fourth-order valence-corrected chi connectivity index (χ4v) is 5.75. The quantitative estimate of drug-likeness (QED) is 0.437. The second-order valence-electron chi connectivity index (χ2n) is 9.52. The molecule has 8 nitrogen and oxygen atoms in total. The number of hydrogen-bond donors (Lipinski definition) is 3. The average molecular weight is 456 g/mol. The second-order valence-corrected chi connectivity index (χ2v) is 9.52. The molecule has 174 valence electrons. The number of imidazole rings is 1. The second kappa shape index (κ2) is 7.99. The number of rotatable bonds is 4. The van der Waals surface area contributed by atoms with Crippen LogP contribution in [0.25, 0.3) is 38.8 Å². The lowest BCUT2D eigenvalue weighted by Gasteiger charge is -2.30. The highest BCUT2D eigenvalue weighted by molar-refractivity contribution is 6.04. The highest BCUT2D eigenvalue weighted by Gasteiger charge is 2.36. The first kappa shape index (κ1) is 20.9. The van der Waals surface area contributed by atoms with Gasteiger partial charge in [-0.25, -0.2) is 4.79 Å². The van der Waals surface area contributed by atoms with Crippen LogP contribution in [0, 0.1) is 0 Å². The molecule has 2 fully saturated rings. The number of nitrogens with two attached hydrogens (primary N) is 1. The minimum Gasteiger partial charge on any atom is -0.396 e. The van der Waals surface area contributed by atoms with Gasteiger partial charge in [-0.1, -0.05) is 12.1 Å². The summed E-state index contributed by atoms with van der Waals surface area (Å²) in [6.07, 6.45) is 9.77. The maximum atomic E-state index is 13.4. The van der Waals surface area contributed by atoms with E-state index in [0.29, 0.717) is 17.8 Å². The van der Waals surface area contributed by atoms with Crippen molar-refractivity contribution in [3.8, 4) is 11.1 Å². The fraction of sp³-hybridized carbons (Fsp3) is 0.346. The average Bonchev–Trinajstić information content (AvgIpc) is 3.33. The Balaban J connectivity index is 1.50. The minimum atomic E-state index is 0.0406. The summed E-state index contributed by atoms with van der Waals surface area (Å²) in [6, 6.07) is 11.4. The van der Waals surface area contributed by atoms with Gasteiger partial charge in [0.1, 0.15) is 0 Å². The van der Waals surface area contributed by atoms with Gasteiger partial charge in [-0.3, -0.25) is 19.1 Å². The van der Waals surface area contributed by atoms with Crippen molar-refractivity contribution in [2.24, 2.45) is 12.8 Å². The van der Waals surface area contributed by atoms with Crippen molar-refractivity contribution >= 4 is 27.6 Å². The highest BCUT2D eigenvalue weighted by atomic mass is 16.1. The zero-order valence-corrected chi connectivity index (χ0v) is 19.5. The normalized spacial score (nSPS) is 22.5. The Kier molecular flexibility index (Phi) is 4.91. The molecule has 4 aromatic rings. The van der Waals surface area contributed by atoms with Gasteiger partial charge >= 0.3 is 5.69 Å². The molecular formula is C26H29N7O. The minimum absolute atomic E-state index is 0.0406. The Morgan fingerprint density at radius 2 is 1.88 bits per heavy atom. The smallest absolute Gasteiger partial charge is 0.329 e. The lowest BCUT2D eigenvalue weighted by molar-refractivity contribution is 0.298. The van der Waals surface area contributed by atoms with Crippen molar-refractivity contribution in [3.63, 3.8) is 0 Å². The van der Waals surface area contributed by atoms with Gasteiger partial charge in [0.05, 0.1) is 34.1 Å². The topological polar surface area (TPSA) is 103 Å². The van der Waals surface area contributed by atoms with Crippen molar-refractivity contribution in [1.82, 2.24) is 29.7 Å². The van der Waals surface area contributed by atoms with Gasteiger partial charge in [-0.15, -0.1) is 0 Å². The molecule has 34 heavy (non-hydrogen) atoms. The summed E-state index contributed by atoms with van der Waals surface area (Å²) in [7, 11) is 3.66. The Hall–Kier alpha value is -3.65. The molecule has 5 heterocycles. The van der Waals surface area contributed by atoms with Crippen molar-refractivity contribution in [2.75, 3.05) is 7.05 Å². The van der Waals surface area contributed by atoms with Crippen LogP contribution in [0.4, 0.5) is 0 Å². The first-order valence-electron chi connectivity index (χ1n) is 11.9. The van der Waals surface area contributed by atoms with E-state index in [9.17, 15) is 4.79 Å². The molecule has 8 heteroatoms. The predicted molar refractivity (Wildman–Crippen MR) is 135 cm³/mol. The number of fused-ring (bicyclic) bond motifs is 5. The molecule has 0 spiro atoms. The Bertz CT molecular complexity index is 1470. The van der Waals surface area contributed by atoms with E-state index in [1.54, 1.807) is 10.8 Å². The molecule has 2 bridgehead atoms. The molecule has 2 saturated heterocycles. The zero-order valence-electron chi connectivity index (χ0n) is 19.5. The highest BCUT2D eigenvalue weighted by Crippen LogP contribution is 2.37. The third-order valence-corrected chi connectivity index (χ3v) is 7.42. The molecule has 2 unspecified atom stereocenters. The largest absolute Gasteiger partial charge is 0.396 e. The Morgan fingerprint density at radius 1 is 1.12 bits per heavy atom. The van der Waals surface area contributed by atoms with Crippen LogP contribution in [-0.2, 0) is 7.05 Å². The predicted octanol–water partition coefficient (Wildman–Crippen LogP) is 2.88. The van der Waals surface area contributed by atoms with Crippen molar-refractivity contribution in [1.29, 1.82) is 0 Å². The first-order valence-corrected chi connectivity index (χ1v) is 11.9. The Morgan fingerprint density at radius 3 is 2.59 bits per heavy atom. The zero-order chi connectivity index (χ0) is 23.4. The molecule has 1 aromatic carbocycles. The van der Waals surface area contributed by atoms with E-state index in [4.69, 9.17) is 5.73 Å². The summed E-state index contributed by atoms with van der Waals surface area (Å²) >= 11 is 0. The van der Waals surface area contributed by atoms with Gasteiger partial charge in [0.2, 0.25) is 0 Å². The SMILES string of the molecule is CN/C=C(\N)c1ccc(-c2ccc3ncc4c(c3c2)n(C2CC3CCC(C2)N3)c(=O)n4C)cn1. The molecule has 0 aliphatic carbocycles. The van der Waals surface area contributed by atoms with E-state index in [1.807, 2.05) is 49.3 Å². The van der Waals surface area contributed by atoms with E-state index in [-0.39, 0.29) is 11.7 Å². The summed E-state index contributed by atoms with van der Waals surface area (Å²) in [4.78, 5) is 22.6. The summed E-state index contributed by atoms with van der Waals surface area (Å²) in [6.45, 7) is 0. The van der Waals surface area contributed by atoms with Crippen molar-refractivity contribution < 1.29 is 0 Å². The van der Waals surface area contributed by atoms with E-state index >= 15 is 0 Å². The number of nitrogens with zero attached hydrogens (tertiary/aromatic N) is 4. The molecule has 2 aliphatic heterocycles. The van der Waals surface area contributed by atoms with E-state index in [1.165, 1.54) is 12.8 Å². The summed E-state index contributed by atoms with van der Waals surface area (Å²) in [5.74, 6) is 0. The van der Waals surface area contributed by atoms with Gasteiger partial charge in [0.15, 0.2) is 0 Å². The number of benzene rings is 1. The standard InChI is InChI=1S/C26H29N7O/c1-28-13-21(27)23-8-4-16(12-29-23)15-3-7-22-20(9-15)25-24(14-30-22)32(2)26(34)33(25)19-10-17-5-6-18(11-19)31-17/h3-4,7-9,12-14,17-19,28,31H,5-6,10-11,27H2,1-2H3/b21-13-. The number of piperidine rings is 1. The molecule has 0 saturated carbocycles. The maximum Gasteiger partial charge on any atom is 0.329 e. The van der Waals surface area contributed by atoms with Gasteiger partial charge in [0, 0.05) is 55.6 Å². The van der Waals surface area contributed by atoms with Gasteiger partial charge < -0.3 is 16.4 Å². The summed E-state index contributed by atoms with van der Waals surface area (Å²) in [5.41, 5.74) is 12.2. The van der Waals surface area contributed by atoms with Crippen LogP contribution in [0.2, 0.25) is 0 Å². The third-order valence-electron chi connectivity index (χ3n) is 7.42. The molecule has 6 rings (SSSR count).